The molecule has 2 rings (SSSR count). The monoisotopic (exact) mass is 474 g/mol. The second-order valence-corrected chi connectivity index (χ2v) is 8.69. The van der Waals surface area contributed by atoms with Crippen LogP contribution in [0.3, 0.4) is 0 Å². The van der Waals surface area contributed by atoms with Gasteiger partial charge in [0.05, 0.1) is 5.60 Å². The zero-order valence-corrected chi connectivity index (χ0v) is 16.4. The third-order valence-electron chi connectivity index (χ3n) is 3.67. The second-order valence-electron chi connectivity index (χ2n) is 5.99. The van der Waals surface area contributed by atoms with Crippen LogP contribution in [0.5, 0.6) is 0 Å². The van der Waals surface area contributed by atoms with E-state index in [1.54, 1.807) is 13.8 Å². The van der Waals surface area contributed by atoms with Gasteiger partial charge in [0.2, 0.25) is 0 Å². The van der Waals surface area contributed by atoms with Crippen LogP contribution < -0.4 is 0 Å². The van der Waals surface area contributed by atoms with Crippen molar-refractivity contribution in [2.24, 2.45) is 0 Å². The zero-order valence-electron chi connectivity index (χ0n) is 12.7. The smallest absolute Gasteiger partial charge is 0.141 e. The first kappa shape index (κ1) is 17.9. The van der Waals surface area contributed by atoms with Crippen molar-refractivity contribution < 1.29 is 10.2 Å². The molecule has 0 saturated carbocycles. The Hall–Kier alpha value is -0.430. The van der Waals surface area contributed by atoms with Crippen LogP contribution in [0.2, 0.25) is 0 Å². The van der Waals surface area contributed by atoms with Gasteiger partial charge in [0.25, 0.3) is 0 Å². The van der Waals surface area contributed by atoms with E-state index in [-0.39, 0.29) is 0 Å². The Kier molecular flexibility index (Phi) is 5.69. The number of hydrogen-bond donors (Lipinski definition) is 2. The summed E-state index contributed by atoms with van der Waals surface area (Å²) in [5.41, 5.74) is 1.98. The highest BCUT2D eigenvalue weighted by atomic mass is 127. The SMILES string of the molecule is CC(C)(O)c1ccccc1CC[C@](O)(I)c1cccc(Br)c1. The molecule has 0 heterocycles. The lowest BCUT2D eigenvalue weighted by atomic mass is 9.90. The number of hydrogen-bond acceptors (Lipinski definition) is 2. The Morgan fingerprint density at radius 1 is 1.05 bits per heavy atom. The molecule has 0 radical (unpaired) electrons. The molecule has 2 aromatic carbocycles. The van der Waals surface area contributed by atoms with Crippen molar-refractivity contribution >= 4 is 38.5 Å². The van der Waals surface area contributed by atoms with E-state index in [0.29, 0.717) is 12.8 Å². The first-order chi connectivity index (χ1) is 10.2. The van der Waals surface area contributed by atoms with Crippen molar-refractivity contribution in [3.8, 4) is 0 Å². The lowest BCUT2D eigenvalue weighted by Crippen LogP contribution is -2.21. The van der Waals surface area contributed by atoms with Gasteiger partial charge in [-0.1, -0.05) is 52.3 Å². The minimum atomic E-state index is -0.936. The van der Waals surface area contributed by atoms with Crippen LogP contribution in [0.1, 0.15) is 37.0 Å². The van der Waals surface area contributed by atoms with Crippen LogP contribution in [0.25, 0.3) is 0 Å². The van der Waals surface area contributed by atoms with Gasteiger partial charge in [-0.2, -0.15) is 0 Å². The third kappa shape index (κ3) is 4.54. The molecule has 0 aliphatic rings. The quantitative estimate of drug-likeness (QED) is 0.478. The minimum absolute atomic E-state index is 0.580. The van der Waals surface area contributed by atoms with Crippen molar-refractivity contribution in [2.75, 3.05) is 0 Å². The number of aryl methyl sites for hydroxylation is 1. The first-order valence-corrected chi connectivity index (χ1v) is 9.05. The van der Waals surface area contributed by atoms with E-state index in [0.717, 1.165) is 21.2 Å². The van der Waals surface area contributed by atoms with Crippen LogP contribution in [-0.4, -0.2) is 10.2 Å². The molecule has 2 nitrogen and oxygen atoms in total. The van der Waals surface area contributed by atoms with Crippen molar-refractivity contribution in [1.82, 2.24) is 0 Å². The molecule has 0 fully saturated rings. The fraction of sp³-hybridized carbons (Fsp3) is 0.333. The minimum Gasteiger partial charge on any atom is -0.386 e. The molecule has 0 aliphatic heterocycles. The largest absolute Gasteiger partial charge is 0.386 e. The summed E-state index contributed by atoms with van der Waals surface area (Å²) in [4.78, 5) is 0. The maximum atomic E-state index is 10.8. The summed E-state index contributed by atoms with van der Waals surface area (Å²) in [7, 11) is 0. The molecule has 118 valence electrons. The fourth-order valence-corrected chi connectivity index (χ4v) is 3.51. The molecule has 0 spiro atoms. The van der Waals surface area contributed by atoms with Crippen LogP contribution in [0.4, 0.5) is 0 Å². The number of halogens is 2. The van der Waals surface area contributed by atoms with Crippen molar-refractivity contribution in [1.29, 1.82) is 0 Å². The van der Waals surface area contributed by atoms with Gasteiger partial charge in [0, 0.05) is 4.47 Å². The molecule has 0 bridgehead atoms. The van der Waals surface area contributed by atoms with Gasteiger partial charge < -0.3 is 10.2 Å². The molecule has 0 unspecified atom stereocenters. The average molecular weight is 475 g/mol. The summed E-state index contributed by atoms with van der Waals surface area (Å²) in [6, 6.07) is 15.6. The predicted molar refractivity (Wildman–Crippen MR) is 102 cm³/mol. The molecule has 1 atom stereocenters. The summed E-state index contributed by atoms with van der Waals surface area (Å²) < 4.78 is 0.0193. The second kappa shape index (κ2) is 6.99. The Balaban J connectivity index is 2.20. The molecule has 2 aromatic rings. The Labute approximate surface area is 153 Å². The molecular formula is C18H20BrIO2. The van der Waals surface area contributed by atoms with Gasteiger partial charge >= 0.3 is 0 Å². The van der Waals surface area contributed by atoms with Gasteiger partial charge in [-0.25, -0.2) is 0 Å². The number of benzene rings is 2. The maximum Gasteiger partial charge on any atom is 0.141 e. The van der Waals surface area contributed by atoms with E-state index in [1.807, 2.05) is 48.5 Å². The van der Waals surface area contributed by atoms with Crippen LogP contribution in [-0.2, 0) is 15.6 Å². The van der Waals surface area contributed by atoms with Crippen molar-refractivity contribution in [3.63, 3.8) is 0 Å². The van der Waals surface area contributed by atoms with E-state index < -0.39 is 9.21 Å². The predicted octanol–water partition coefficient (Wildman–Crippen LogP) is 4.89. The maximum absolute atomic E-state index is 10.8. The van der Waals surface area contributed by atoms with Crippen LogP contribution >= 0.6 is 38.5 Å². The molecular weight excluding hydrogens is 455 g/mol. The average Bonchev–Trinajstić information content (AvgIpc) is 2.44. The first-order valence-electron chi connectivity index (χ1n) is 7.18. The Morgan fingerprint density at radius 2 is 1.73 bits per heavy atom. The van der Waals surface area contributed by atoms with E-state index in [9.17, 15) is 10.2 Å². The zero-order chi connectivity index (χ0) is 16.4. The highest BCUT2D eigenvalue weighted by molar-refractivity contribution is 14.1. The molecule has 0 amide bonds. The Bertz CT molecular complexity index is 648. The van der Waals surface area contributed by atoms with Gasteiger partial charge in [-0.3, -0.25) is 0 Å². The fourth-order valence-electron chi connectivity index (χ4n) is 2.51. The summed E-state index contributed by atoms with van der Waals surface area (Å²) in [5.74, 6) is 0. The topological polar surface area (TPSA) is 40.5 Å². The van der Waals surface area contributed by atoms with E-state index in [4.69, 9.17) is 0 Å². The van der Waals surface area contributed by atoms with Gasteiger partial charge in [0.15, 0.2) is 0 Å². The number of rotatable bonds is 5. The summed E-state index contributed by atoms with van der Waals surface area (Å²) in [5, 5.41) is 21.1. The van der Waals surface area contributed by atoms with Crippen LogP contribution in [0, 0.1) is 0 Å². The molecule has 22 heavy (non-hydrogen) atoms. The van der Waals surface area contributed by atoms with Gasteiger partial charge in [-0.15, -0.1) is 0 Å². The summed E-state index contributed by atoms with van der Waals surface area (Å²) in [6.07, 6.45) is 1.28. The lowest BCUT2D eigenvalue weighted by Gasteiger charge is -2.25. The van der Waals surface area contributed by atoms with Crippen LogP contribution in [0.15, 0.2) is 53.0 Å². The number of aliphatic hydroxyl groups is 2. The molecule has 0 saturated heterocycles. The lowest BCUT2D eigenvalue weighted by molar-refractivity contribution is 0.0770. The van der Waals surface area contributed by atoms with E-state index in [1.165, 1.54) is 0 Å². The summed E-state index contributed by atoms with van der Waals surface area (Å²) in [6.45, 7) is 3.58. The highest BCUT2D eigenvalue weighted by Crippen LogP contribution is 2.36. The third-order valence-corrected chi connectivity index (χ3v) is 5.32. The van der Waals surface area contributed by atoms with Gasteiger partial charge in [-0.05, 0) is 78.1 Å². The van der Waals surface area contributed by atoms with E-state index >= 15 is 0 Å². The van der Waals surface area contributed by atoms with Crippen molar-refractivity contribution in [3.05, 3.63) is 69.7 Å². The molecule has 0 aromatic heterocycles. The highest BCUT2D eigenvalue weighted by Gasteiger charge is 2.27. The standard InChI is InChI=1S/C18H20BrIO2/c1-17(2,21)16-9-4-3-6-13(16)10-11-18(20,22)14-7-5-8-15(19)12-14/h3-9,12,21-22H,10-11H2,1-2H3/t18-/m1/s1. The molecule has 0 aliphatic carbocycles. The van der Waals surface area contributed by atoms with Crippen molar-refractivity contribution in [2.45, 2.75) is 35.9 Å². The Morgan fingerprint density at radius 3 is 2.36 bits per heavy atom. The molecule has 2 N–H and O–H groups in total. The summed E-state index contributed by atoms with van der Waals surface area (Å²) >= 11 is 5.53. The molecule has 4 heteroatoms. The normalized spacial score (nSPS) is 14.6. The number of alkyl halides is 1. The van der Waals surface area contributed by atoms with E-state index in [2.05, 4.69) is 38.5 Å². The van der Waals surface area contributed by atoms with Gasteiger partial charge in [0.1, 0.15) is 3.61 Å².